The van der Waals surface area contributed by atoms with Gasteiger partial charge in [0.2, 0.25) is 11.9 Å². The maximum atomic E-state index is 13.4. The van der Waals surface area contributed by atoms with E-state index in [1.165, 1.54) is 6.92 Å². The van der Waals surface area contributed by atoms with E-state index in [-0.39, 0.29) is 6.42 Å². The van der Waals surface area contributed by atoms with Crippen molar-refractivity contribution in [2.45, 2.75) is 76.0 Å². The van der Waals surface area contributed by atoms with Gasteiger partial charge in [0.25, 0.3) is 0 Å². The summed E-state index contributed by atoms with van der Waals surface area (Å²) in [6, 6.07) is 0. The van der Waals surface area contributed by atoms with Crippen molar-refractivity contribution in [3.05, 3.63) is 0 Å². The number of ether oxygens (including phenoxy) is 4. The number of carbonyl (C=O) groups is 3. The fourth-order valence-electron chi connectivity index (χ4n) is 8.12. The molecule has 0 amide bonds. The van der Waals surface area contributed by atoms with Crippen molar-refractivity contribution in [3.8, 4) is 0 Å². The summed E-state index contributed by atoms with van der Waals surface area (Å²) in [6.07, 6.45) is -6.91. The Kier molecular flexibility index (Phi) is 2.97. The molecular formula is C20H24O10. The van der Waals surface area contributed by atoms with Crippen LogP contribution in [0.4, 0.5) is 0 Å². The number of carbonyl (C=O) groups excluding carboxylic acids is 3. The summed E-state index contributed by atoms with van der Waals surface area (Å²) in [7, 11) is 0. The number of hydrogen-bond acceptors (Lipinski definition) is 10. The van der Waals surface area contributed by atoms with Gasteiger partial charge in [0.05, 0.1) is 16.7 Å². The van der Waals surface area contributed by atoms with Gasteiger partial charge in [-0.25, -0.2) is 9.59 Å². The molecule has 2 saturated carbocycles. The Morgan fingerprint density at radius 3 is 2.33 bits per heavy atom. The van der Waals surface area contributed by atoms with E-state index in [2.05, 4.69) is 0 Å². The third kappa shape index (κ3) is 1.33. The van der Waals surface area contributed by atoms with Crippen LogP contribution >= 0.6 is 0 Å². The van der Waals surface area contributed by atoms with E-state index in [0.717, 1.165) is 0 Å². The number of aliphatic hydroxyl groups excluding tert-OH is 2. The monoisotopic (exact) mass is 424 g/mol. The molecule has 2 aliphatic carbocycles. The Bertz CT molecular complexity index is 925. The second kappa shape index (κ2) is 4.69. The molecule has 0 aromatic rings. The van der Waals surface area contributed by atoms with Crippen LogP contribution < -0.4 is 0 Å². The molecule has 6 rings (SSSR count). The molecule has 4 unspecified atom stereocenters. The van der Waals surface area contributed by atoms with E-state index in [1.807, 2.05) is 20.8 Å². The van der Waals surface area contributed by atoms with E-state index >= 15 is 0 Å². The molecule has 4 aliphatic heterocycles. The molecule has 164 valence electrons. The predicted octanol–water partition coefficient (Wildman–Crippen LogP) is -1.37. The van der Waals surface area contributed by atoms with Gasteiger partial charge in [-0.1, -0.05) is 20.8 Å². The lowest BCUT2D eigenvalue weighted by atomic mass is 9.51. The number of esters is 3. The van der Waals surface area contributed by atoms with Crippen LogP contribution in [-0.2, 0) is 33.3 Å². The first-order chi connectivity index (χ1) is 13.8. The molecular weight excluding hydrogens is 400 g/mol. The maximum Gasteiger partial charge on any atom is 0.343 e. The summed E-state index contributed by atoms with van der Waals surface area (Å²) in [5, 5.41) is 34.7. The molecule has 2 spiro atoms. The van der Waals surface area contributed by atoms with Crippen molar-refractivity contribution in [2.75, 3.05) is 0 Å². The first-order valence-electron chi connectivity index (χ1n) is 10.2. The Hall–Kier alpha value is -1.75. The Morgan fingerprint density at radius 1 is 1.03 bits per heavy atom. The minimum Gasteiger partial charge on any atom is -0.459 e. The molecule has 6 aliphatic rings. The van der Waals surface area contributed by atoms with Crippen LogP contribution in [-0.4, -0.2) is 75.1 Å². The van der Waals surface area contributed by atoms with Gasteiger partial charge >= 0.3 is 17.9 Å². The van der Waals surface area contributed by atoms with Crippen LogP contribution in [0.15, 0.2) is 0 Å². The molecule has 0 radical (unpaired) electrons. The number of hydrogen-bond donors (Lipinski definition) is 3. The maximum absolute atomic E-state index is 13.4. The highest BCUT2D eigenvalue weighted by Gasteiger charge is 3.03. The van der Waals surface area contributed by atoms with Crippen LogP contribution in [0, 0.1) is 28.1 Å². The van der Waals surface area contributed by atoms with E-state index in [0.29, 0.717) is 0 Å². The molecule has 10 heteroatoms. The van der Waals surface area contributed by atoms with Crippen molar-refractivity contribution in [1.29, 1.82) is 0 Å². The fourth-order valence-corrected chi connectivity index (χ4v) is 8.12. The largest absolute Gasteiger partial charge is 0.459 e. The molecule has 30 heavy (non-hydrogen) atoms. The molecule has 6 fully saturated rings. The summed E-state index contributed by atoms with van der Waals surface area (Å²) >= 11 is 0. The summed E-state index contributed by atoms with van der Waals surface area (Å²) < 4.78 is 22.5. The number of rotatable bonds is 0. The van der Waals surface area contributed by atoms with Gasteiger partial charge < -0.3 is 34.3 Å². The summed E-state index contributed by atoms with van der Waals surface area (Å²) in [4.78, 5) is 38.2. The number of fused-ring (bicyclic) bond motifs is 1. The van der Waals surface area contributed by atoms with Crippen molar-refractivity contribution in [2.24, 2.45) is 28.1 Å². The second-order valence-corrected chi connectivity index (χ2v) is 10.7. The quantitative estimate of drug-likeness (QED) is 0.314. The van der Waals surface area contributed by atoms with E-state index in [9.17, 15) is 29.7 Å². The highest BCUT2D eigenvalue weighted by molar-refractivity contribution is 5.94. The first-order valence-corrected chi connectivity index (χ1v) is 10.2. The van der Waals surface area contributed by atoms with Gasteiger partial charge in [-0.05, 0) is 24.7 Å². The van der Waals surface area contributed by atoms with Gasteiger partial charge in [0.1, 0.15) is 12.2 Å². The van der Waals surface area contributed by atoms with Gasteiger partial charge in [-0.2, -0.15) is 0 Å². The Labute approximate surface area is 171 Å². The van der Waals surface area contributed by atoms with E-state index in [1.54, 1.807) is 0 Å². The normalized spacial score (nSPS) is 60.1. The average molecular weight is 424 g/mol. The van der Waals surface area contributed by atoms with Crippen LogP contribution in [0.5, 0.6) is 0 Å². The molecule has 0 aromatic carbocycles. The zero-order valence-electron chi connectivity index (χ0n) is 16.9. The number of aliphatic hydroxyl groups is 3. The van der Waals surface area contributed by atoms with Crippen molar-refractivity contribution in [3.63, 3.8) is 0 Å². The molecule has 4 saturated heterocycles. The highest BCUT2D eigenvalue weighted by Crippen LogP contribution is 2.84. The van der Waals surface area contributed by atoms with Crippen molar-refractivity contribution in [1.82, 2.24) is 0 Å². The summed E-state index contributed by atoms with van der Waals surface area (Å²) in [5.74, 6) is -4.32. The van der Waals surface area contributed by atoms with Gasteiger partial charge in [0.15, 0.2) is 17.8 Å². The Morgan fingerprint density at radius 2 is 1.70 bits per heavy atom. The lowest BCUT2D eigenvalue weighted by Crippen LogP contribution is -2.67. The molecule has 11 atom stereocenters. The lowest BCUT2D eigenvalue weighted by Gasteiger charge is -2.47. The minimum absolute atomic E-state index is 0.229. The zero-order valence-corrected chi connectivity index (χ0v) is 16.9. The molecule has 0 bridgehead atoms. The van der Waals surface area contributed by atoms with Crippen LogP contribution in [0.1, 0.15) is 34.1 Å². The van der Waals surface area contributed by atoms with Crippen LogP contribution in [0.2, 0.25) is 0 Å². The SMILES string of the molecule is C[C@@H]1C(=O)O[C@H]2[C@H](O)C34C5CC(C(C)(C)C)C36[C@@H](OC(=O)[C@@H]6O)O[C@@]4(C(=O)O5)[C@@]12O. The highest BCUT2D eigenvalue weighted by atomic mass is 16.8. The van der Waals surface area contributed by atoms with Crippen molar-refractivity contribution < 1.29 is 48.7 Å². The molecule has 3 N–H and O–H groups in total. The zero-order chi connectivity index (χ0) is 21.8. The third-order valence-corrected chi connectivity index (χ3v) is 9.00. The summed E-state index contributed by atoms with van der Waals surface area (Å²) in [5.41, 5.74) is -8.26. The third-order valence-electron chi connectivity index (χ3n) is 9.00. The smallest absolute Gasteiger partial charge is 0.343 e. The fraction of sp³-hybridized carbons (Fsp3) is 0.850. The summed E-state index contributed by atoms with van der Waals surface area (Å²) in [6.45, 7) is 7.14. The van der Waals surface area contributed by atoms with E-state index < -0.39 is 87.9 Å². The Balaban J connectivity index is 1.72. The topological polar surface area (TPSA) is 149 Å². The predicted molar refractivity (Wildman–Crippen MR) is 92.0 cm³/mol. The van der Waals surface area contributed by atoms with Gasteiger partial charge in [0, 0.05) is 0 Å². The van der Waals surface area contributed by atoms with E-state index in [4.69, 9.17) is 18.9 Å². The minimum atomic E-state index is -2.24. The lowest BCUT2D eigenvalue weighted by molar-refractivity contribution is -0.239. The average Bonchev–Trinajstić information content (AvgIpc) is 3.35. The van der Waals surface area contributed by atoms with Gasteiger partial charge in [-0.15, -0.1) is 0 Å². The van der Waals surface area contributed by atoms with Crippen LogP contribution in [0.3, 0.4) is 0 Å². The van der Waals surface area contributed by atoms with Crippen LogP contribution in [0.25, 0.3) is 0 Å². The van der Waals surface area contributed by atoms with Crippen molar-refractivity contribution >= 4 is 17.9 Å². The molecule has 4 heterocycles. The molecule has 10 nitrogen and oxygen atoms in total. The second-order valence-electron chi connectivity index (χ2n) is 10.7. The standard InChI is InChI=1S/C20H24O10/c1-6-12(23)28-11-9(21)18-8-5-7(16(2,3)4)17(18)10(22)13(24)29-15(17)30-20(18,14(25)27-8)19(6,11)26/h6-11,15,21-22,26H,5H2,1-4H3/t6-,7?,8?,9+,10+,11+,15+,17?,18?,19-,20-/m1/s1. The first kappa shape index (κ1) is 19.0. The van der Waals surface area contributed by atoms with Gasteiger partial charge in [-0.3, -0.25) is 4.79 Å². The molecule has 0 aromatic heterocycles.